The number of nitrogens with one attached hydrogen (secondary N) is 2. The molecule has 102 valence electrons. The van der Waals surface area contributed by atoms with Gasteiger partial charge in [0.25, 0.3) is 0 Å². The van der Waals surface area contributed by atoms with Gasteiger partial charge in [-0.3, -0.25) is 4.79 Å². The molecule has 1 aliphatic rings. The Balaban J connectivity index is 2.17. The van der Waals surface area contributed by atoms with Gasteiger partial charge in [-0.1, -0.05) is 0 Å². The smallest absolute Gasteiger partial charge is 0.376 e. The van der Waals surface area contributed by atoms with Crippen LogP contribution in [0.2, 0.25) is 0 Å². The molecule has 0 aliphatic carbocycles. The number of hydrogen-bond donors (Lipinski definition) is 2. The highest BCUT2D eigenvalue weighted by Gasteiger charge is 2.22. The summed E-state index contributed by atoms with van der Waals surface area (Å²) in [6, 6.07) is 1.36. The highest BCUT2D eigenvalue weighted by molar-refractivity contribution is 5.86. The lowest BCUT2D eigenvalue weighted by molar-refractivity contribution is -0.123. The lowest BCUT2D eigenvalue weighted by Gasteiger charge is -2.23. The molecular formula is C12H16N4O3. The number of amides is 1. The lowest BCUT2D eigenvalue weighted by Crippen LogP contribution is -2.44. The molecule has 7 nitrogen and oxygen atoms in total. The molecule has 1 unspecified atom stereocenters. The zero-order chi connectivity index (χ0) is 13.8. The van der Waals surface area contributed by atoms with Gasteiger partial charge in [-0.05, 0) is 19.8 Å². The molecule has 1 saturated heterocycles. The van der Waals surface area contributed by atoms with Crippen LogP contribution in [0.5, 0.6) is 0 Å². The maximum absolute atomic E-state index is 11.6. The monoisotopic (exact) mass is 264 g/mol. The zero-order valence-electron chi connectivity index (χ0n) is 10.9. The van der Waals surface area contributed by atoms with E-state index in [9.17, 15) is 9.59 Å². The van der Waals surface area contributed by atoms with Crippen LogP contribution in [0.15, 0.2) is 6.07 Å². The molecule has 1 aromatic heterocycles. The van der Waals surface area contributed by atoms with Crippen molar-refractivity contribution in [3.8, 4) is 0 Å². The number of methoxy groups -OCH3 is 1. The van der Waals surface area contributed by atoms with E-state index in [2.05, 4.69) is 25.3 Å². The van der Waals surface area contributed by atoms with Crippen molar-refractivity contribution in [1.82, 2.24) is 15.3 Å². The van der Waals surface area contributed by atoms with Crippen molar-refractivity contribution in [3.05, 3.63) is 17.6 Å². The van der Waals surface area contributed by atoms with Gasteiger partial charge in [0.05, 0.1) is 7.11 Å². The fourth-order valence-corrected chi connectivity index (χ4v) is 1.91. The van der Waals surface area contributed by atoms with Crippen LogP contribution >= 0.6 is 0 Å². The Morgan fingerprint density at radius 1 is 1.53 bits per heavy atom. The van der Waals surface area contributed by atoms with Crippen molar-refractivity contribution in [3.63, 3.8) is 0 Å². The standard InChI is InChI=1S/C12H16N4O3/c1-7-6-9(16-10(14-7)12(18)19-2)15-8-4-3-5-13-11(8)17/h6,8H,3-5H2,1-2H3,(H,13,17)(H,14,15,16). The van der Waals surface area contributed by atoms with E-state index in [0.717, 1.165) is 12.8 Å². The second-order valence-electron chi connectivity index (χ2n) is 4.34. The maximum atomic E-state index is 11.6. The summed E-state index contributed by atoms with van der Waals surface area (Å²) < 4.78 is 4.59. The molecule has 19 heavy (non-hydrogen) atoms. The van der Waals surface area contributed by atoms with Crippen molar-refractivity contribution in [2.24, 2.45) is 0 Å². The summed E-state index contributed by atoms with van der Waals surface area (Å²) in [5.41, 5.74) is 0.633. The first-order valence-corrected chi connectivity index (χ1v) is 6.08. The highest BCUT2D eigenvalue weighted by Crippen LogP contribution is 2.12. The Morgan fingerprint density at radius 2 is 2.32 bits per heavy atom. The summed E-state index contributed by atoms with van der Waals surface area (Å²) in [7, 11) is 1.27. The van der Waals surface area contributed by atoms with Gasteiger partial charge in [0.2, 0.25) is 11.7 Å². The largest absolute Gasteiger partial charge is 0.463 e. The van der Waals surface area contributed by atoms with Crippen molar-refractivity contribution in [2.75, 3.05) is 19.0 Å². The fraction of sp³-hybridized carbons (Fsp3) is 0.500. The summed E-state index contributed by atoms with van der Waals surface area (Å²) >= 11 is 0. The van der Waals surface area contributed by atoms with E-state index in [0.29, 0.717) is 18.1 Å². The maximum Gasteiger partial charge on any atom is 0.376 e. The molecule has 0 spiro atoms. The third kappa shape index (κ3) is 3.18. The van der Waals surface area contributed by atoms with Crippen molar-refractivity contribution in [1.29, 1.82) is 0 Å². The molecule has 2 heterocycles. The molecule has 1 amide bonds. The normalized spacial score (nSPS) is 18.6. The van der Waals surface area contributed by atoms with Crippen LogP contribution in [-0.4, -0.2) is 41.5 Å². The first-order valence-electron chi connectivity index (χ1n) is 6.08. The van der Waals surface area contributed by atoms with Gasteiger partial charge < -0.3 is 15.4 Å². The number of carbonyl (C=O) groups excluding carboxylic acids is 2. The average Bonchev–Trinajstić information content (AvgIpc) is 2.40. The zero-order valence-corrected chi connectivity index (χ0v) is 10.9. The van der Waals surface area contributed by atoms with E-state index < -0.39 is 5.97 Å². The van der Waals surface area contributed by atoms with Gasteiger partial charge in [-0.25, -0.2) is 14.8 Å². The summed E-state index contributed by atoms with van der Waals surface area (Å²) in [5.74, 6) is -0.210. The predicted octanol–water partition coefficient (Wildman–Crippen LogP) is 0.262. The second-order valence-corrected chi connectivity index (χ2v) is 4.34. The third-order valence-electron chi connectivity index (χ3n) is 2.83. The Morgan fingerprint density at radius 3 is 3.00 bits per heavy atom. The van der Waals surface area contributed by atoms with Crippen molar-refractivity contribution < 1.29 is 14.3 Å². The van der Waals surface area contributed by atoms with Gasteiger partial charge in [0.15, 0.2) is 0 Å². The molecule has 1 fully saturated rings. The number of carbonyl (C=O) groups is 2. The lowest BCUT2D eigenvalue weighted by atomic mass is 10.1. The van der Waals surface area contributed by atoms with Crippen LogP contribution < -0.4 is 10.6 Å². The summed E-state index contributed by atoms with van der Waals surface area (Å²) in [5, 5.41) is 5.80. The van der Waals surface area contributed by atoms with Crippen LogP contribution in [0.4, 0.5) is 5.82 Å². The topological polar surface area (TPSA) is 93.2 Å². The quantitative estimate of drug-likeness (QED) is 0.761. The summed E-state index contributed by atoms with van der Waals surface area (Å²) in [6.07, 6.45) is 1.65. The van der Waals surface area contributed by atoms with Crippen LogP contribution in [0.3, 0.4) is 0 Å². The number of rotatable bonds is 3. The van der Waals surface area contributed by atoms with Crippen LogP contribution in [0.1, 0.15) is 29.2 Å². The first-order chi connectivity index (χ1) is 9.10. The minimum Gasteiger partial charge on any atom is -0.463 e. The van der Waals surface area contributed by atoms with E-state index >= 15 is 0 Å². The molecule has 2 rings (SSSR count). The first kappa shape index (κ1) is 13.3. The molecule has 0 aromatic carbocycles. The van der Waals surface area contributed by atoms with Crippen LogP contribution in [0.25, 0.3) is 0 Å². The summed E-state index contributed by atoms with van der Waals surface area (Å²) in [6.45, 7) is 2.45. The number of anilines is 1. The number of aryl methyl sites for hydroxylation is 1. The number of nitrogens with zero attached hydrogens (tertiary/aromatic N) is 2. The van der Waals surface area contributed by atoms with Gasteiger partial charge >= 0.3 is 5.97 Å². The van der Waals surface area contributed by atoms with E-state index in [1.165, 1.54) is 7.11 Å². The van der Waals surface area contributed by atoms with E-state index in [1.807, 2.05) is 0 Å². The predicted molar refractivity (Wildman–Crippen MR) is 67.8 cm³/mol. The van der Waals surface area contributed by atoms with Gasteiger partial charge in [-0.15, -0.1) is 0 Å². The van der Waals surface area contributed by atoms with Crippen molar-refractivity contribution >= 4 is 17.7 Å². The fourth-order valence-electron chi connectivity index (χ4n) is 1.91. The molecule has 1 aliphatic heterocycles. The van der Waals surface area contributed by atoms with E-state index in [1.54, 1.807) is 13.0 Å². The number of aromatic nitrogens is 2. The number of ether oxygens (including phenoxy) is 1. The van der Waals surface area contributed by atoms with Gasteiger partial charge in [-0.2, -0.15) is 0 Å². The van der Waals surface area contributed by atoms with Crippen LogP contribution in [0, 0.1) is 6.92 Å². The molecule has 2 N–H and O–H groups in total. The van der Waals surface area contributed by atoms with Crippen LogP contribution in [-0.2, 0) is 9.53 Å². The van der Waals surface area contributed by atoms with E-state index in [-0.39, 0.29) is 17.8 Å². The van der Waals surface area contributed by atoms with Gasteiger partial charge in [0, 0.05) is 18.3 Å². The second kappa shape index (κ2) is 5.64. The third-order valence-corrected chi connectivity index (χ3v) is 2.83. The summed E-state index contributed by atoms with van der Waals surface area (Å²) in [4.78, 5) is 31.1. The molecule has 1 atom stereocenters. The highest BCUT2D eigenvalue weighted by atomic mass is 16.5. The molecule has 0 radical (unpaired) electrons. The molecule has 0 saturated carbocycles. The number of hydrogen-bond acceptors (Lipinski definition) is 6. The van der Waals surface area contributed by atoms with Crippen molar-refractivity contribution in [2.45, 2.75) is 25.8 Å². The molecule has 1 aromatic rings. The molecule has 0 bridgehead atoms. The average molecular weight is 264 g/mol. The van der Waals surface area contributed by atoms with Gasteiger partial charge in [0.1, 0.15) is 11.9 Å². The Bertz CT molecular complexity index is 504. The number of esters is 1. The molecule has 7 heteroatoms. The Kier molecular flexibility index (Phi) is 3.94. The molecular weight excluding hydrogens is 248 g/mol. The number of piperidine rings is 1. The SMILES string of the molecule is COC(=O)c1nc(C)cc(NC2CCCNC2=O)n1. The minimum atomic E-state index is -0.597. The Hall–Kier alpha value is -2.18. The Labute approximate surface area is 110 Å². The van der Waals surface area contributed by atoms with E-state index in [4.69, 9.17) is 0 Å². The minimum absolute atomic E-state index is 0.0128.